The van der Waals surface area contributed by atoms with Crippen LogP contribution >= 0.6 is 0 Å². The molecule has 0 saturated carbocycles. The highest BCUT2D eigenvalue weighted by Gasteiger charge is 2.46. The zero-order chi connectivity index (χ0) is 87.1. The molecule has 0 saturated heterocycles. The number of aromatic nitrogens is 2. The normalized spacial score (nSPS) is 15.0. The Balaban J connectivity index is 1.02. The van der Waals surface area contributed by atoms with Crippen LogP contribution in [0, 0.1) is 0 Å². The fraction of sp³-hybridized carbons (Fsp3) is 0.192. The Morgan fingerprint density at radius 1 is 0.282 bits per heavy atom. The minimum Gasteiger partial charge on any atom is -0.452 e. The predicted octanol–water partition coefficient (Wildman–Crippen LogP) is 27.0. The lowest BCUT2D eigenvalue weighted by Gasteiger charge is -2.45. The lowest BCUT2D eigenvalue weighted by atomic mass is 9.33. The van der Waals surface area contributed by atoms with Crippen molar-refractivity contribution >= 4 is 123 Å². The Bertz CT molecular complexity index is 7180. The van der Waals surface area contributed by atoms with Crippen molar-refractivity contribution in [2.24, 2.45) is 0 Å². The third-order valence-corrected chi connectivity index (χ3v) is 23.0. The van der Waals surface area contributed by atoms with Gasteiger partial charge in [0.2, 0.25) is 0 Å². The van der Waals surface area contributed by atoms with Gasteiger partial charge >= 0.3 is 0 Å². The summed E-state index contributed by atoms with van der Waals surface area (Å²) in [5.41, 5.74) is 21.8. The molecule has 538 valence electrons. The minimum atomic E-state index is -0.608. The molecule has 0 N–H and O–H groups in total. The van der Waals surface area contributed by atoms with E-state index in [0.717, 1.165) is 106 Å². The summed E-state index contributed by atoms with van der Waals surface area (Å²) >= 11 is 0. The standard InChI is InChI=1S/C104H93BN4O/c1-100(2,3)70-47-51-88-82(58-70)83-59-71(101(4,5)6)48-52-89(83)106(88)75-62-94-96-95(63-75)109(97-80(65-33-21-17-22-34-65)60-74(104(13,14)15)61-81(97)66-35-23-18-24-36-66)93-56-68(69-53-72(102(7,8)9)57-73(54-69)103(10,11)12)46-50-85(93)105(96)84-49-45-67(64-31-19-16-20-32-64)55-92(84)108(94)91-44-30-40-79-78-39-29-43-90(98(78)110-99(79)91)107-86-41-27-25-37-76(86)77-38-26-28-42-87(77)107/h16-63H,1-15H3/i16D,19D,20D,25D,26D,27D,28D,31D,32D,37D,38D,41D,42D. The highest BCUT2D eigenvalue weighted by Crippen LogP contribution is 2.55. The summed E-state index contributed by atoms with van der Waals surface area (Å²) in [6.45, 7) is 33.3. The van der Waals surface area contributed by atoms with Crippen molar-refractivity contribution in [1.29, 1.82) is 0 Å². The number of para-hydroxylation sites is 4. The van der Waals surface area contributed by atoms with Crippen LogP contribution in [0.15, 0.2) is 295 Å². The van der Waals surface area contributed by atoms with Crippen LogP contribution in [0.4, 0.5) is 34.1 Å². The zero-order valence-corrected chi connectivity index (χ0v) is 65.0. The highest BCUT2D eigenvalue weighted by molar-refractivity contribution is 7.00. The average molecular weight is 1440 g/mol. The number of hydrogen-bond donors (Lipinski definition) is 0. The first kappa shape index (κ1) is 55.5. The highest BCUT2D eigenvalue weighted by atomic mass is 16.3. The van der Waals surface area contributed by atoms with Gasteiger partial charge in [0.1, 0.15) is 0 Å². The van der Waals surface area contributed by atoms with E-state index in [1.54, 1.807) is 6.07 Å². The Kier molecular flexibility index (Phi) is 12.5. The first-order valence-electron chi connectivity index (χ1n) is 44.8. The minimum absolute atomic E-state index is 0.0137. The molecule has 0 aliphatic carbocycles. The fourth-order valence-corrected chi connectivity index (χ4v) is 17.0. The van der Waals surface area contributed by atoms with Crippen LogP contribution in [0.1, 0.15) is 149 Å². The van der Waals surface area contributed by atoms with Gasteiger partial charge in [-0.1, -0.05) is 310 Å². The van der Waals surface area contributed by atoms with Crippen molar-refractivity contribution in [3.05, 3.63) is 319 Å². The maximum absolute atomic E-state index is 9.73. The van der Waals surface area contributed by atoms with Crippen LogP contribution in [-0.2, 0) is 27.1 Å². The monoisotopic (exact) mass is 1440 g/mol. The van der Waals surface area contributed by atoms with E-state index in [0.29, 0.717) is 33.3 Å². The van der Waals surface area contributed by atoms with E-state index >= 15 is 0 Å². The van der Waals surface area contributed by atoms with Crippen LogP contribution in [0.3, 0.4) is 0 Å². The lowest BCUT2D eigenvalue weighted by Crippen LogP contribution is -2.61. The fourth-order valence-electron chi connectivity index (χ4n) is 17.0. The molecule has 0 radical (unpaired) electrons. The van der Waals surface area contributed by atoms with Gasteiger partial charge in [0.15, 0.2) is 11.2 Å². The van der Waals surface area contributed by atoms with E-state index in [-0.39, 0.29) is 77.8 Å². The Labute approximate surface area is 666 Å². The van der Waals surface area contributed by atoms with Gasteiger partial charge in [0.05, 0.1) is 62.6 Å². The van der Waals surface area contributed by atoms with Gasteiger partial charge in [0, 0.05) is 66.2 Å². The summed E-state index contributed by atoms with van der Waals surface area (Å²) in [5, 5.41) is 3.20. The van der Waals surface area contributed by atoms with Gasteiger partial charge < -0.3 is 23.4 Å². The largest absolute Gasteiger partial charge is 0.452 e. The summed E-state index contributed by atoms with van der Waals surface area (Å²) in [5.74, 6) is 0. The molecule has 6 heteroatoms. The molecule has 0 spiro atoms. The third-order valence-electron chi connectivity index (χ3n) is 23.0. The molecule has 0 fully saturated rings. The van der Waals surface area contributed by atoms with E-state index in [2.05, 4.69) is 282 Å². The number of furan rings is 1. The molecule has 5 heterocycles. The van der Waals surface area contributed by atoms with Crippen LogP contribution in [0.5, 0.6) is 0 Å². The molecule has 19 rings (SSSR count). The number of hydrogen-bond acceptors (Lipinski definition) is 3. The van der Waals surface area contributed by atoms with Gasteiger partial charge in [-0.25, -0.2) is 0 Å². The van der Waals surface area contributed by atoms with Crippen molar-refractivity contribution in [2.45, 2.75) is 131 Å². The second-order valence-corrected chi connectivity index (χ2v) is 35.2. The zero-order valence-electron chi connectivity index (χ0n) is 78.0. The number of nitrogens with zero attached hydrogens (tertiary/aromatic N) is 4. The first-order valence-corrected chi connectivity index (χ1v) is 38.3. The maximum Gasteiger partial charge on any atom is 0.252 e. The number of fused-ring (bicyclic) bond motifs is 13. The summed E-state index contributed by atoms with van der Waals surface area (Å²) in [7, 11) is 0. The molecule has 2 aliphatic rings. The molecular formula is C104H93BN4O. The molecule has 0 unspecified atom stereocenters. The van der Waals surface area contributed by atoms with Gasteiger partial charge in [-0.2, -0.15) is 0 Å². The van der Waals surface area contributed by atoms with Crippen molar-refractivity contribution < 1.29 is 22.2 Å². The Morgan fingerprint density at radius 3 is 1.24 bits per heavy atom. The molecule has 17 aromatic rings. The second kappa shape index (κ2) is 24.8. The SMILES string of the molecule is [2H]c1c([2H])c([2H])c(-c2ccc3c(c2)N(c2cccc4c2oc2c(-n5c6c([2H])c([2H])c([2H])c([2H])c6c6c([2H])c([2H])c([2H])c([2H])c65)cccc24)c2cc(-n4c5ccc(C(C)(C)C)cc5c5cc(C(C)(C)C)ccc54)cc4c2B3c2ccc(-c3cc(C(C)(C)C)cc(C(C)(C)C)c3)cc2N4c2c(-c3ccccc3)cc(C(C)(C)C)cc2-c2ccccc2)c([2H])c1[2H]. The topological polar surface area (TPSA) is 29.5 Å². The number of rotatable bonds is 8. The van der Waals surface area contributed by atoms with Gasteiger partial charge in [-0.15, -0.1) is 0 Å². The summed E-state index contributed by atoms with van der Waals surface area (Å²) in [6.07, 6.45) is 0. The van der Waals surface area contributed by atoms with Crippen molar-refractivity contribution in [1.82, 2.24) is 9.13 Å². The van der Waals surface area contributed by atoms with Crippen LogP contribution in [0.25, 0.3) is 121 Å². The Morgan fingerprint density at radius 2 is 0.727 bits per heavy atom. The van der Waals surface area contributed by atoms with E-state index in [1.807, 2.05) is 42.5 Å². The van der Waals surface area contributed by atoms with Gasteiger partial charge in [0.25, 0.3) is 6.71 Å². The lowest BCUT2D eigenvalue weighted by molar-refractivity contribution is 0.569. The van der Waals surface area contributed by atoms with Crippen LogP contribution < -0.4 is 26.2 Å². The van der Waals surface area contributed by atoms with E-state index < -0.39 is 73.2 Å². The summed E-state index contributed by atoms with van der Waals surface area (Å²) < 4.78 is 133. The van der Waals surface area contributed by atoms with Crippen LogP contribution in [0.2, 0.25) is 0 Å². The Hall–Kier alpha value is -11.9. The van der Waals surface area contributed by atoms with E-state index in [4.69, 9.17) is 11.3 Å². The van der Waals surface area contributed by atoms with Gasteiger partial charge in [-0.05, 0) is 190 Å². The quantitative estimate of drug-likeness (QED) is 0.142. The molecule has 0 bridgehead atoms. The second-order valence-electron chi connectivity index (χ2n) is 35.2. The van der Waals surface area contributed by atoms with E-state index in [9.17, 15) is 11.0 Å². The van der Waals surface area contributed by atoms with Crippen molar-refractivity contribution in [2.75, 3.05) is 9.80 Å². The van der Waals surface area contributed by atoms with E-state index in [1.165, 1.54) is 26.8 Å². The van der Waals surface area contributed by atoms with Crippen molar-refractivity contribution in [3.8, 4) is 55.9 Å². The molecule has 3 aromatic heterocycles. The first-order chi connectivity index (χ1) is 58.1. The van der Waals surface area contributed by atoms with Crippen LogP contribution in [-0.4, -0.2) is 15.8 Å². The van der Waals surface area contributed by atoms with Gasteiger partial charge in [-0.3, -0.25) is 0 Å². The average Bonchev–Trinajstić information content (AvgIpc) is 1.66. The number of anilines is 6. The predicted molar refractivity (Wildman–Crippen MR) is 472 cm³/mol. The molecule has 2 aliphatic heterocycles. The molecule has 14 aromatic carbocycles. The molecule has 110 heavy (non-hydrogen) atoms. The third kappa shape index (κ3) is 11.1. The molecular weight excluding hydrogens is 1330 g/mol. The molecule has 0 amide bonds. The smallest absolute Gasteiger partial charge is 0.252 e. The maximum atomic E-state index is 9.73. The molecule has 0 atom stereocenters. The molecule has 5 nitrogen and oxygen atoms in total. The van der Waals surface area contributed by atoms with Crippen molar-refractivity contribution in [3.63, 3.8) is 0 Å². The number of benzene rings is 14. The summed E-state index contributed by atoms with van der Waals surface area (Å²) in [4.78, 5) is 4.76. The summed E-state index contributed by atoms with van der Waals surface area (Å²) in [6, 6.07) is 69.8.